The number of aromatic amines is 1. The van der Waals surface area contributed by atoms with Gasteiger partial charge in [-0.15, -0.1) is 0 Å². The van der Waals surface area contributed by atoms with Gasteiger partial charge in [-0.25, -0.2) is 0 Å². The molecule has 0 aliphatic carbocycles. The molecule has 0 aliphatic heterocycles. The number of hydrogen-bond donors (Lipinski definition) is 2. The molecule has 19 heavy (non-hydrogen) atoms. The minimum atomic E-state index is -4.50. The van der Waals surface area contributed by atoms with Gasteiger partial charge in [0.1, 0.15) is 0 Å². The number of amides is 1. The summed E-state index contributed by atoms with van der Waals surface area (Å²) in [6, 6.07) is 0.785. The summed E-state index contributed by atoms with van der Waals surface area (Å²) in [6.45, 7) is 1.73. The van der Waals surface area contributed by atoms with Crippen LogP contribution in [0.5, 0.6) is 0 Å². The van der Waals surface area contributed by atoms with Crippen molar-refractivity contribution < 1.29 is 18.0 Å². The van der Waals surface area contributed by atoms with Crippen molar-refractivity contribution in [3.8, 4) is 0 Å². The first-order valence-corrected chi connectivity index (χ1v) is 5.51. The third kappa shape index (κ3) is 4.99. The van der Waals surface area contributed by atoms with Crippen molar-refractivity contribution in [2.75, 3.05) is 6.54 Å². The predicted molar refractivity (Wildman–Crippen MR) is 64.4 cm³/mol. The quantitative estimate of drug-likeness (QED) is 0.824. The lowest BCUT2D eigenvalue weighted by atomic mass is 10.2. The van der Waals surface area contributed by atoms with E-state index in [9.17, 15) is 22.8 Å². The van der Waals surface area contributed by atoms with E-state index in [-0.39, 0.29) is 11.5 Å². The van der Waals surface area contributed by atoms with Crippen LogP contribution in [-0.4, -0.2) is 17.4 Å². The molecule has 0 saturated heterocycles. The van der Waals surface area contributed by atoms with E-state index >= 15 is 0 Å². The Bertz CT molecular complexity index is 533. The molecule has 0 aromatic carbocycles. The molecule has 1 amide bonds. The van der Waals surface area contributed by atoms with Gasteiger partial charge in [0.05, 0.1) is 5.56 Å². The van der Waals surface area contributed by atoms with Gasteiger partial charge < -0.3 is 10.3 Å². The van der Waals surface area contributed by atoms with Gasteiger partial charge in [0.15, 0.2) is 0 Å². The molecule has 104 valence electrons. The zero-order valence-corrected chi connectivity index (χ0v) is 10.2. The Morgan fingerprint density at radius 3 is 2.74 bits per heavy atom. The first kappa shape index (κ1) is 15.0. The second kappa shape index (κ2) is 6.21. The van der Waals surface area contributed by atoms with E-state index in [1.165, 1.54) is 19.1 Å². The van der Waals surface area contributed by atoms with Crippen LogP contribution in [0.15, 0.2) is 23.1 Å². The standard InChI is InChI=1S/C12H13F3N2O2/c1-8(18)16-5-3-2-4-9-6-10(12(13,14)15)7-17-11(9)19/h2,4,6-7H,3,5H2,1H3,(H,16,18)(H,17,19). The zero-order valence-electron chi connectivity index (χ0n) is 10.2. The van der Waals surface area contributed by atoms with Gasteiger partial charge >= 0.3 is 6.18 Å². The van der Waals surface area contributed by atoms with Gasteiger partial charge in [-0.05, 0) is 12.5 Å². The highest BCUT2D eigenvalue weighted by atomic mass is 19.4. The fraction of sp³-hybridized carbons (Fsp3) is 0.333. The highest BCUT2D eigenvalue weighted by Crippen LogP contribution is 2.28. The average molecular weight is 274 g/mol. The van der Waals surface area contributed by atoms with Gasteiger partial charge in [-0.3, -0.25) is 9.59 Å². The van der Waals surface area contributed by atoms with Crippen molar-refractivity contribution in [3.05, 3.63) is 39.8 Å². The fourth-order valence-electron chi connectivity index (χ4n) is 1.33. The van der Waals surface area contributed by atoms with Crippen LogP contribution in [0.3, 0.4) is 0 Å². The maximum Gasteiger partial charge on any atom is 0.417 e. The van der Waals surface area contributed by atoms with E-state index in [2.05, 4.69) is 5.32 Å². The van der Waals surface area contributed by atoms with E-state index in [1.54, 1.807) is 0 Å². The van der Waals surface area contributed by atoms with Crippen LogP contribution < -0.4 is 10.9 Å². The minimum absolute atomic E-state index is 0.0716. The Morgan fingerprint density at radius 2 is 2.16 bits per heavy atom. The molecule has 0 aliphatic rings. The van der Waals surface area contributed by atoms with Crippen molar-refractivity contribution in [1.82, 2.24) is 10.3 Å². The molecule has 0 atom stereocenters. The van der Waals surface area contributed by atoms with Gasteiger partial charge in [0.2, 0.25) is 5.91 Å². The van der Waals surface area contributed by atoms with Crippen LogP contribution in [0.4, 0.5) is 13.2 Å². The molecule has 1 heterocycles. The van der Waals surface area contributed by atoms with Gasteiger partial charge in [-0.2, -0.15) is 13.2 Å². The molecule has 1 aromatic heterocycles. The van der Waals surface area contributed by atoms with E-state index in [1.807, 2.05) is 4.98 Å². The number of rotatable bonds is 4. The molecule has 1 rings (SSSR count). The highest BCUT2D eigenvalue weighted by molar-refractivity contribution is 5.72. The second-order valence-electron chi connectivity index (χ2n) is 3.84. The molecule has 2 N–H and O–H groups in total. The molecule has 1 aromatic rings. The van der Waals surface area contributed by atoms with Crippen LogP contribution in [0.1, 0.15) is 24.5 Å². The minimum Gasteiger partial charge on any atom is -0.356 e. The fourth-order valence-corrected chi connectivity index (χ4v) is 1.33. The van der Waals surface area contributed by atoms with E-state index in [4.69, 9.17) is 0 Å². The predicted octanol–water partition coefficient (Wildman–Crippen LogP) is 1.93. The maximum absolute atomic E-state index is 12.4. The van der Waals surface area contributed by atoms with Crippen LogP contribution >= 0.6 is 0 Å². The number of hydrogen-bond acceptors (Lipinski definition) is 2. The lowest BCUT2D eigenvalue weighted by Crippen LogP contribution is -2.20. The van der Waals surface area contributed by atoms with Crippen molar-refractivity contribution in [1.29, 1.82) is 0 Å². The highest BCUT2D eigenvalue weighted by Gasteiger charge is 2.31. The summed E-state index contributed by atoms with van der Waals surface area (Å²) in [5.41, 5.74) is -1.57. The van der Waals surface area contributed by atoms with Gasteiger partial charge in [0.25, 0.3) is 5.56 Å². The summed E-state index contributed by atoms with van der Waals surface area (Å²) in [4.78, 5) is 23.9. The van der Waals surface area contributed by atoms with E-state index in [0.717, 1.165) is 6.07 Å². The zero-order chi connectivity index (χ0) is 14.5. The summed E-state index contributed by atoms with van der Waals surface area (Å²) in [5, 5.41) is 2.53. The van der Waals surface area contributed by atoms with Gasteiger partial charge in [0, 0.05) is 25.2 Å². The van der Waals surface area contributed by atoms with Crippen molar-refractivity contribution in [2.45, 2.75) is 19.5 Å². The molecule has 0 bridgehead atoms. The van der Waals surface area contributed by atoms with E-state index in [0.29, 0.717) is 19.2 Å². The molecule has 0 saturated carbocycles. The third-order valence-corrected chi connectivity index (χ3v) is 2.24. The van der Waals surface area contributed by atoms with Crippen LogP contribution in [-0.2, 0) is 11.0 Å². The monoisotopic (exact) mass is 274 g/mol. The number of halogens is 3. The molecule has 0 unspecified atom stereocenters. The molecule has 0 fully saturated rings. The maximum atomic E-state index is 12.4. The number of pyridine rings is 1. The van der Waals surface area contributed by atoms with Crippen LogP contribution in [0, 0.1) is 0 Å². The Labute approximate surface area is 107 Å². The average Bonchev–Trinajstić information content (AvgIpc) is 2.29. The first-order valence-electron chi connectivity index (χ1n) is 5.51. The summed E-state index contributed by atoms with van der Waals surface area (Å²) in [7, 11) is 0. The van der Waals surface area contributed by atoms with Crippen molar-refractivity contribution in [2.24, 2.45) is 0 Å². The van der Waals surface area contributed by atoms with E-state index < -0.39 is 17.3 Å². The number of aromatic nitrogens is 1. The molecule has 4 nitrogen and oxygen atoms in total. The lowest BCUT2D eigenvalue weighted by molar-refractivity contribution is -0.137. The van der Waals surface area contributed by atoms with Crippen LogP contribution in [0.25, 0.3) is 6.08 Å². The Balaban J connectivity index is 2.75. The summed E-state index contributed by atoms with van der Waals surface area (Å²) in [5.74, 6) is -0.190. The topological polar surface area (TPSA) is 62.0 Å². The number of H-pyrrole nitrogens is 1. The normalized spacial score (nSPS) is 11.8. The summed E-state index contributed by atoms with van der Waals surface area (Å²) < 4.78 is 37.3. The number of carbonyl (C=O) groups is 1. The molecule has 0 spiro atoms. The number of carbonyl (C=O) groups excluding carboxylic acids is 1. The largest absolute Gasteiger partial charge is 0.417 e. The molecule has 7 heteroatoms. The number of alkyl halides is 3. The SMILES string of the molecule is CC(=O)NCCC=Cc1cc(C(F)(F)F)c[nH]c1=O. The summed E-state index contributed by atoms with van der Waals surface area (Å²) in [6.07, 6.45) is -0.605. The summed E-state index contributed by atoms with van der Waals surface area (Å²) >= 11 is 0. The first-order chi connectivity index (χ1) is 8.80. The second-order valence-corrected chi connectivity index (χ2v) is 3.84. The Morgan fingerprint density at radius 1 is 1.47 bits per heavy atom. The third-order valence-electron chi connectivity index (χ3n) is 2.24. The molecular formula is C12H13F3N2O2. The molecular weight excluding hydrogens is 261 g/mol. The molecule has 0 radical (unpaired) electrons. The number of nitrogens with one attached hydrogen (secondary N) is 2. The van der Waals surface area contributed by atoms with Crippen molar-refractivity contribution in [3.63, 3.8) is 0 Å². The van der Waals surface area contributed by atoms with Crippen LogP contribution in [0.2, 0.25) is 0 Å². The lowest BCUT2D eigenvalue weighted by Gasteiger charge is -2.06. The van der Waals surface area contributed by atoms with Gasteiger partial charge in [-0.1, -0.05) is 12.2 Å². The smallest absolute Gasteiger partial charge is 0.356 e. The Hall–Kier alpha value is -2.05. The van der Waals surface area contributed by atoms with Crippen molar-refractivity contribution >= 4 is 12.0 Å². The Kier molecular flexibility index (Phi) is 4.91.